The third kappa shape index (κ3) is 2.22. The number of hydrogen-bond donors (Lipinski definition) is 1. The number of hydrogen-bond acceptors (Lipinski definition) is 2. The molecule has 2 nitrogen and oxygen atoms in total. The third-order valence-corrected chi connectivity index (χ3v) is 3.89. The van der Waals surface area contributed by atoms with Gasteiger partial charge in [-0.25, -0.2) is 0 Å². The van der Waals surface area contributed by atoms with E-state index in [0.29, 0.717) is 15.8 Å². The highest BCUT2D eigenvalue weighted by molar-refractivity contribution is 6.32. The molecular weight excluding hydrogens is 281 g/mol. The molecule has 2 aromatic carbocycles. The SMILES string of the molecule is ON=C1c2cc(Cl)ccc2CCc2ccc(Cl)cc21. The van der Waals surface area contributed by atoms with Crippen LogP contribution in [0.15, 0.2) is 41.6 Å². The van der Waals surface area contributed by atoms with Gasteiger partial charge in [0.25, 0.3) is 0 Å². The average molecular weight is 292 g/mol. The van der Waals surface area contributed by atoms with Crippen LogP contribution in [0.25, 0.3) is 0 Å². The smallest absolute Gasteiger partial charge is 0.117 e. The molecule has 0 bridgehead atoms. The summed E-state index contributed by atoms with van der Waals surface area (Å²) in [6, 6.07) is 11.4. The van der Waals surface area contributed by atoms with Gasteiger partial charge in [-0.2, -0.15) is 0 Å². The van der Waals surface area contributed by atoms with Crippen molar-refractivity contribution in [1.82, 2.24) is 0 Å². The van der Waals surface area contributed by atoms with Crippen LogP contribution in [0, 0.1) is 0 Å². The van der Waals surface area contributed by atoms with Crippen LogP contribution < -0.4 is 0 Å². The van der Waals surface area contributed by atoms with Gasteiger partial charge in [0.1, 0.15) is 5.71 Å². The second kappa shape index (κ2) is 4.87. The molecule has 1 N–H and O–H groups in total. The maximum absolute atomic E-state index is 9.39. The summed E-state index contributed by atoms with van der Waals surface area (Å²) >= 11 is 12.1. The van der Waals surface area contributed by atoms with E-state index in [4.69, 9.17) is 23.2 Å². The molecule has 96 valence electrons. The third-order valence-electron chi connectivity index (χ3n) is 3.42. The Morgan fingerprint density at radius 3 is 1.74 bits per heavy atom. The summed E-state index contributed by atoms with van der Waals surface area (Å²) < 4.78 is 0. The highest BCUT2D eigenvalue weighted by Crippen LogP contribution is 2.28. The summed E-state index contributed by atoms with van der Waals surface area (Å²) in [5.41, 5.74) is 4.54. The minimum atomic E-state index is 0.535. The molecule has 0 radical (unpaired) electrons. The number of oxime groups is 1. The Hall–Kier alpha value is -1.51. The van der Waals surface area contributed by atoms with Crippen LogP contribution in [0.3, 0.4) is 0 Å². The fourth-order valence-corrected chi connectivity index (χ4v) is 2.84. The molecule has 0 saturated carbocycles. The van der Waals surface area contributed by atoms with Crippen LogP contribution in [0.1, 0.15) is 22.3 Å². The van der Waals surface area contributed by atoms with Crippen molar-refractivity contribution in [2.45, 2.75) is 12.8 Å². The van der Waals surface area contributed by atoms with Gasteiger partial charge in [-0.1, -0.05) is 40.5 Å². The Kier molecular flexibility index (Phi) is 3.21. The van der Waals surface area contributed by atoms with Gasteiger partial charge in [0.15, 0.2) is 0 Å². The molecule has 3 rings (SSSR count). The minimum absolute atomic E-state index is 0.535. The fraction of sp³-hybridized carbons (Fsp3) is 0.133. The van der Waals surface area contributed by atoms with E-state index in [0.717, 1.165) is 35.1 Å². The normalized spacial score (nSPS) is 13.5. The molecule has 0 heterocycles. The van der Waals surface area contributed by atoms with Gasteiger partial charge < -0.3 is 5.21 Å². The van der Waals surface area contributed by atoms with Gasteiger partial charge in [0.2, 0.25) is 0 Å². The van der Waals surface area contributed by atoms with E-state index in [9.17, 15) is 5.21 Å². The molecule has 0 spiro atoms. The second-order valence-corrected chi connectivity index (χ2v) is 5.42. The Labute approximate surface area is 121 Å². The van der Waals surface area contributed by atoms with Gasteiger partial charge in [-0.15, -0.1) is 0 Å². The predicted octanol–water partition coefficient (Wildman–Crippen LogP) is 4.32. The van der Waals surface area contributed by atoms with E-state index in [1.54, 1.807) is 0 Å². The largest absolute Gasteiger partial charge is 0.410 e. The molecule has 0 aromatic heterocycles. The minimum Gasteiger partial charge on any atom is -0.410 e. The molecule has 0 atom stereocenters. The molecule has 1 aliphatic carbocycles. The van der Waals surface area contributed by atoms with Gasteiger partial charge in [-0.3, -0.25) is 0 Å². The summed E-state index contributed by atoms with van der Waals surface area (Å²) in [6.45, 7) is 0. The van der Waals surface area contributed by atoms with Crippen molar-refractivity contribution in [3.63, 3.8) is 0 Å². The molecule has 19 heavy (non-hydrogen) atoms. The lowest BCUT2D eigenvalue weighted by atomic mass is 9.98. The first-order valence-corrected chi connectivity index (χ1v) is 6.74. The highest BCUT2D eigenvalue weighted by atomic mass is 35.5. The zero-order valence-electron chi connectivity index (χ0n) is 10.0. The maximum atomic E-state index is 9.39. The summed E-state index contributed by atoms with van der Waals surface area (Å²) in [4.78, 5) is 0. The maximum Gasteiger partial charge on any atom is 0.117 e. The summed E-state index contributed by atoms with van der Waals surface area (Å²) in [7, 11) is 0. The number of rotatable bonds is 0. The lowest BCUT2D eigenvalue weighted by Gasteiger charge is -2.09. The molecule has 0 amide bonds. The molecule has 4 heteroatoms. The molecule has 0 aliphatic heterocycles. The van der Waals surface area contributed by atoms with Gasteiger partial charge in [0, 0.05) is 21.2 Å². The van der Waals surface area contributed by atoms with Crippen LogP contribution in [0.2, 0.25) is 10.0 Å². The lowest BCUT2D eigenvalue weighted by molar-refractivity contribution is 0.319. The van der Waals surface area contributed by atoms with Crippen LogP contribution in [-0.4, -0.2) is 10.9 Å². The average Bonchev–Trinajstić information content (AvgIpc) is 2.54. The standard InChI is InChI=1S/C15H11Cl2NO/c16-11-5-3-9-1-2-10-4-6-12(17)8-14(10)15(18-19)13(9)7-11/h3-8,19H,1-2H2. The first kappa shape index (κ1) is 12.5. The van der Waals surface area contributed by atoms with Gasteiger partial charge >= 0.3 is 0 Å². The Bertz CT molecular complexity index is 624. The summed E-state index contributed by atoms with van der Waals surface area (Å²) in [5, 5.41) is 14.1. The molecule has 2 aromatic rings. The quantitative estimate of drug-likeness (QED) is 0.569. The molecule has 0 unspecified atom stereocenters. The van der Waals surface area contributed by atoms with Crippen molar-refractivity contribution in [2.24, 2.45) is 5.16 Å². The Balaban J connectivity index is 2.27. The number of halogens is 2. The van der Waals surface area contributed by atoms with E-state index in [2.05, 4.69) is 5.16 Å². The number of nitrogens with zero attached hydrogens (tertiary/aromatic N) is 1. The Morgan fingerprint density at radius 2 is 1.32 bits per heavy atom. The first-order valence-electron chi connectivity index (χ1n) is 5.98. The Morgan fingerprint density at radius 1 is 0.842 bits per heavy atom. The van der Waals surface area contributed by atoms with E-state index in [1.807, 2.05) is 36.4 Å². The molecule has 1 aliphatic rings. The van der Waals surface area contributed by atoms with Crippen LogP contribution >= 0.6 is 23.2 Å². The highest BCUT2D eigenvalue weighted by Gasteiger charge is 2.20. The molecular formula is C15H11Cl2NO. The lowest BCUT2D eigenvalue weighted by Crippen LogP contribution is -2.06. The second-order valence-electron chi connectivity index (χ2n) is 4.55. The van der Waals surface area contributed by atoms with E-state index >= 15 is 0 Å². The van der Waals surface area contributed by atoms with Crippen LogP contribution in [-0.2, 0) is 12.8 Å². The van der Waals surface area contributed by atoms with Gasteiger partial charge in [-0.05, 0) is 48.2 Å². The van der Waals surface area contributed by atoms with Crippen LogP contribution in [0.4, 0.5) is 0 Å². The number of benzene rings is 2. The summed E-state index contributed by atoms with van der Waals surface area (Å²) in [5.74, 6) is 0. The van der Waals surface area contributed by atoms with E-state index in [-0.39, 0.29) is 0 Å². The van der Waals surface area contributed by atoms with Crippen molar-refractivity contribution in [3.8, 4) is 0 Å². The fourth-order valence-electron chi connectivity index (χ4n) is 2.50. The van der Waals surface area contributed by atoms with Crippen molar-refractivity contribution in [3.05, 3.63) is 68.7 Å². The van der Waals surface area contributed by atoms with Gasteiger partial charge in [0.05, 0.1) is 0 Å². The summed E-state index contributed by atoms with van der Waals surface area (Å²) in [6.07, 6.45) is 1.78. The zero-order chi connectivity index (χ0) is 13.4. The van der Waals surface area contributed by atoms with Crippen molar-refractivity contribution >= 4 is 28.9 Å². The van der Waals surface area contributed by atoms with E-state index in [1.165, 1.54) is 0 Å². The monoisotopic (exact) mass is 291 g/mol. The zero-order valence-corrected chi connectivity index (χ0v) is 11.5. The number of aryl methyl sites for hydroxylation is 2. The van der Waals surface area contributed by atoms with Crippen molar-refractivity contribution in [1.29, 1.82) is 0 Å². The van der Waals surface area contributed by atoms with Crippen LogP contribution in [0.5, 0.6) is 0 Å². The predicted molar refractivity (Wildman–Crippen MR) is 77.7 cm³/mol. The first-order chi connectivity index (χ1) is 9.19. The van der Waals surface area contributed by atoms with Crippen molar-refractivity contribution in [2.75, 3.05) is 0 Å². The number of fused-ring (bicyclic) bond motifs is 2. The molecule has 0 fully saturated rings. The topological polar surface area (TPSA) is 32.6 Å². The van der Waals surface area contributed by atoms with E-state index < -0.39 is 0 Å². The van der Waals surface area contributed by atoms with Crippen molar-refractivity contribution < 1.29 is 5.21 Å². The molecule has 0 saturated heterocycles.